The zero-order chi connectivity index (χ0) is 16.1. The number of nitrogens with zero attached hydrogens (tertiary/aromatic N) is 2. The topological polar surface area (TPSA) is 48.2 Å². The van der Waals surface area contributed by atoms with Gasteiger partial charge >= 0.3 is 0 Å². The highest BCUT2D eigenvalue weighted by molar-refractivity contribution is 7.98. The number of rotatable bonds is 6. The second-order valence-electron chi connectivity index (χ2n) is 4.91. The summed E-state index contributed by atoms with van der Waals surface area (Å²) >= 11 is 7.47. The molecule has 0 spiro atoms. The average molecular weight is 347 g/mol. The van der Waals surface area contributed by atoms with E-state index in [2.05, 4.69) is 10.2 Å². The Morgan fingerprint density at radius 3 is 2.65 bits per heavy atom. The minimum absolute atomic E-state index is 0.563. The van der Waals surface area contributed by atoms with Crippen molar-refractivity contribution in [2.75, 3.05) is 7.11 Å². The molecule has 23 heavy (non-hydrogen) atoms. The lowest BCUT2D eigenvalue weighted by atomic mass is 10.1. The van der Waals surface area contributed by atoms with Crippen LogP contribution in [0.4, 0.5) is 0 Å². The van der Waals surface area contributed by atoms with Gasteiger partial charge in [0.1, 0.15) is 5.75 Å². The minimum atomic E-state index is 0.563. The standard InChI is InChI=1S/C17H15ClN2O2S/c1-21-15-7-5-12(6-8-15)10-16-19-20-17(22-16)23-11-13-3-2-4-14(18)9-13/h2-9H,10-11H2,1H3. The number of thioether (sulfide) groups is 1. The number of hydrogen-bond acceptors (Lipinski definition) is 5. The fraction of sp³-hybridized carbons (Fsp3) is 0.176. The van der Waals surface area contributed by atoms with Crippen LogP contribution in [0.1, 0.15) is 17.0 Å². The first kappa shape index (κ1) is 15.9. The maximum Gasteiger partial charge on any atom is 0.276 e. The Kier molecular flexibility index (Phi) is 5.20. The molecule has 3 rings (SSSR count). The molecule has 0 unspecified atom stereocenters. The van der Waals surface area contributed by atoms with E-state index in [0.29, 0.717) is 17.5 Å². The van der Waals surface area contributed by atoms with Gasteiger partial charge in [-0.2, -0.15) is 0 Å². The van der Waals surface area contributed by atoms with E-state index in [1.165, 1.54) is 11.8 Å². The Hall–Kier alpha value is -1.98. The zero-order valence-corrected chi connectivity index (χ0v) is 14.1. The first-order valence-corrected chi connectivity index (χ1v) is 8.42. The molecule has 0 aliphatic heterocycles. The van der Waals surface area contributed by atoms with Crippen LogP contribution in [0.25, 0.3) is 0 Å². The number of aromatic nitrogens is 2. The summed E-state index contributed by atoms with van der Waals surface area (Å²) in [6, 6.07) is 15.6. The van der Waals surface area contributed by atoms with Crippen molar-refractivity contribution in [1.82, 2.24) is 10.2 Å². The number of hydrogen-bond donors (Lipinski definition) is 0. The van der Waals surface area contributed by atoms with Gasteiger partial charge in [-0.25, -0.2) is 0 Å². The molecule has 0 aliphatic carbocycles. The highest BCUT2D eigenvalue weighted by atomic mass is 35.5. The Morgan fingerprint density at radius 2 is 1.91 bits per heavy atom. The molecule has 1 aromatic heterocycles. The molecule has 1 heterocycles. The molecule has 0 amide bonds. The SMILES string of the molecule is COc1ccc(Cc2nnc(SCc3cccc(Cl)c3)o2)cc1. The van der Waals surface area contributed by atoms with Crippen LogP contribution in [-0.2, 0) is 12.2 Å². The molecule has 0 atom stereocenters. The molecule has 4 nitrogen and oxygen atoms in total. The lowest BCUT2D eigenvalue weighted by Gasteiger charge is -2.00. The second-order valence-corrected chi connectivity index (χ2v) is 6.27. The van der Waals surface area contributed by atoms with Crippen LogP contribution in [0, 0.1) is 0 Å². The molecule has 0 saturated carbocycles. The van der Waals surface area contributed by atoms with Crippen molar-refractivity contribution in [1.29, 1.82) is 0 Å². The number of methoxy groups -OCH3 is 1. The zero-order valence-electron chi connectivity index (χ0n) is 12.5. The van der Waals surface area contributed by atoms with Crippen molar-refractivity contribution >= 4 is 23.4 Å². The summed E-state index contributed by atoms with van der Waals surface area (Å²) in [5.41, 5.74) is 2.22. The first-order valence-electron chi connectivity index (χ1n) is 7.05. The normalized spacial score (nSPS) is 10.7. The van der Waals surface area contributed by atoms with E-state index in [0.717, 1.165) is 27.7 Å². The molecule has 118 valence electrons. The summed E-state index contributed by atoms with van der Waals surface area (Å²) in [6.45, 7) is 0. The predicted octanol–water partition coefficient (Wildman–Crippen LogP) is 4.61. The van der Waals surface area contributed by atoms with Gasteiger partial charge in [0.15, 0.2) is 0 Å². The highest BCUT2D eigenvalue weighted by Crippen LogP contribution is 2.24. The van der Waals surface area contributed by atoms with Crippen molar-refractivity contribution in [2.45, 2.75) is 17.4 Å². The molecular formula is C17H15ClN2O2S. The molecular weight excluding hydrogens is 332 g/mol. The molecule has 0 radical (unpaired) electrons. The Bertz CT molecular complexity index is 774. The van der Waals surface area contributed by atoms with Gasteiger partial charge in [0.25, 0.3) is 5.22 Å². The molecule has 3 aromatic rings. The van der Waals surface area contributed by atoms with E-state index >= 15 is 0 Å². The lowest BCUT2D eigenvalue weighted by molar-refractivity contribution is 0.413. The largest absolute Gasteiger partial charge is 0.497 e. The second kappa shape index (κ2) is 7.53. The van der Waals surface area contributed by atoms with E-state index in [1.807, 2.05) is 48.5 Å². The van der Waals surface area contributed by atoms with Crippen LogP contribution in [0.15, 0.2) is 58.2 Å². The van der Waals surface area contributed by atoms with Gasteiger partial charge in [-0.3, -0.25) is 0 Å². The predicted molar refractivity (Wildman–Crippen MR) is 91.1 cm³/mol. The highest BCUT2D eigenvalue weighted by Gasteiger charge is 2.08. The third kappa shape index (κ3) is 4.50. The summed E-state index contributed by atoms with van der Waals surface area (Å²) in [5.74, 6) is 2.17. The van der Waals surface area contributed by atoms with Crippen LogP contribution in [0.3, 0.4) is 0 Å². The first-order chi connectivity index (χ1) is 11.2. The van der Waals surface area contributed by atoms with E-state index < -0.39 is 0 Å². The van der Waals surface area contributed by atoms with Gasteiger partial charge in [0, 0.05) is 10.8 Å². The van der Waals surface area contributed by atoms with E-state index in [4.69, 9.17) is 20.8 Å². The Morgan fingerprint density at radius 1 is 1.09 bits per heavy atom. The summed E-state index contributed by atoms with van der Waals surface area (Å²) < 4.78 is 10.8. The van der Waals surface area contributed by atoms with Crippen LogP contribution < -0.4 is 4.74 Å². The van der Waals surface area contributed by atoms with Crippen LogP contribution in [0.2, 0.25) is 5.02 Å². The summed E-state index contributed by atoms with van der Waals surface area (Å²) in [6.07, 6.45) is 0.606. The van der Waals surface area contributed by atoms with Gasteiger partial charge in [-0.1, -0.05) is 47.6 Å². The average Bonchev–Trinajstić information content (AvgIpc) is 3.01. The van der Waals surface area contributed by atoms with Gasteiger partial charge in [-0.15, -0.1) is 10.2 Å². The smallest absolute Gasteiger partial charge is 0.276 e. The monoisotopic (exact) mass is 346 g/mol. The maximum absolute atomic E-state index is 5.97. The molecule has 6 heteroatoms. The van der Waals surface area contributed by atoms with Gasteiger partial charge in [0.05, 0.1) is 13.5 Å². The van der Waals surface area contributed by atoms with Gasteiger partial charge < -0.3 is 9.15 Å². The van der Waals surface area contributed by atoms with E-state index in [9.17, 15) is 0 Å². The third-order valence-corrected chi connectivity index (χ3v) is 4.34. The molecule has 0 N–H and O–H groups in total. The van der Waals surface area contributed by atoms with Crippen molar-refractivity contribution in [3.63, 3.8) is 0 Å². The van der Waals surface area contributed by atoms with Gasteiger partial charge in [0.2, 0.25) is 5.89 Å². The number of ether oxygens (including phenoxy) is 1. The van der Waals surface area contributed by atoms with E-state index in [1.54, 1.807) is 7.11 Å². The minimum Gasteiger partial charge on any atom is -0.497 e. The van der Waals surface area contributed by atoms with Crippen molar-refractivity contribution in [3.8, 4) is 5.75 Å². The fourth-order valence-corrected chi connectivity index (χ4v) is 2.99. The van der Waals surface area contributed by atoms with Crippen LogP contribution in [-0.4, -0.2) is 17.3 Å². The van der Waals surface area contributed by atoms with Gasteiger partial charge in [-0.05, 0) is 35.4 Å². The molecule has 0 aliphatic rings. The van der Waals surface area contributed by atoms with Crippen molar-refractivity contribution < 1.29 is 9.15 Å². The number of halogens is 1. The van der Waals surface area contributed by atoms with Crippen LogP contribution in [0.5, 0.6) is 5.75 Å². The molecule has 0 bridgehead atoms. The molecule has 0 saturated heterocycles. The van der Waals surface area contributed by atoms with Crippen molar-refractivity contribution in [3.05, 3.63) is 70.6 Å². The summed E-state index contributed by atoms with van der Waals surface area (Å²) in [5, 5.41) is 9.46. The van der Waals surface area contributed by atoms with Crippen LogP contribution >= 0.6 is 23.4 Å². The summed E-state index contributed by atoms with van der Waals surface area (Å²) in [4.78, 5) is 0. The lowest BCUT2D eigenvalue weighted by Crippen LogP contribution is -1.89. The van der Waals surface area contributed by atoms with Crippen molar-refractivity contribution in [2.24, 2.45) is 0 Å². The number of benzene rings is 2. The van der Waals surface area contributed by atoms with E-state index in [-0.39, 0.29) is 0 Å². The molecule has 0 fully saturated rings. The summed E-state index contributed by atoms with van der Waals surface area (Å²) in [7, 11) is 1.65. The third-order valence-electron chi connectivity index (χ3n) is 3.21. The fourth-order valence-electron chi connectivity index (χ4n) is 2.06. The maximum atomic E-state index is 5.97. The Labute approximate surface area is 143 Å². The quantitative estimate of drug-likeness (QED) is 0.610. The Balaban J connectivity index is 1.59. The molecule has 2 aromatic carbocycles.